The summed E-state index contributed by atoms with van der Waals surface area (Å²) in [7, 11) is 0. The van der Waals surface area contributed by atoms with Gasteiger partial charge >= 0.3 is 5.97 Å². The smallest absolute Gasteiger partial charge is 0.326 e. The molecule has 10 heteroatoms. The SMILES string of the molecule is CC(C)C(N)C(=O)NC(C(=O)NCC(=O)NC(C(=O)O)C(C)C)C(C)O. The van der Waals surface area contributed by atoms with Crippen molar-refractivity contribution in [3.8, 4) is 0 Å². The molecule has 0 fully saturated rings. The lowest BCUT2D eigenvalue weighted by atomic mass is 10.0. The van der Waals surface area contributed by atoms with Gasteiger partial charge < -0.3 is 31.9 Å². The highest BCUT2D eigenvalue weighted by molar-refractivity contribution is 5.93. The summed E-state index contributed by atoms with van der Waals surface area (Å²) in [6, 6.07) is -3.23. The first-order valence-corrected chi connectivity index (χ1v) is 8.42. The molecule has 150 valence electrons. The summed E-state index contributed by atoms with van der Waals surface area (Å²) in [4.78, 5) is 47.0. The van der Waals surface area contributed by atoms with Crippen LogP contribution in [0.15, 0.2) is 0 Å². The van der Waals surface area contributed by atoms with Crippen LogP contribution in [-0.2, 0) is 19.2 Å². The van der Waals surface area contributed by atoms with Crippen molar-refractivity contribution in [3.63, 3.8) is 0 Å². The molecule has 0 radical (unpaired) electrons. The Bertz CT molecular complexity index is 521. The molecule has 0 aromatic rings. The third kappa shape index (κ3) is 7.79. The number of carbonyl (C=O) groups is 4. The Kier molecular flexibility index (Phi) is 9.81. The van der Waals surface area contributed by atoms with E-state index in [1.54, 1.807) is 27.7 Å². The van der Waals surface area contributed by atoms with Gasteiger partial charge in [0.1, 0.15) is 12.1 Å². The first-order chi connectivity index (χ1) is 11.9. The van der Waals surface area contributed by atoms with Crippen LogP contribution >= 0.6 is 0 Å². The van der Waals surface area contributed by atoms with Crippen molar-refractivity contribution in [2.75, 3.05) is 6.54 Å². The molecule has 26 heavy (non-hydrogen) atoms. The lowest BCUT2D eigenvalue weighted by molar-refractivity contribution is -0.143. The summed E-state index contributed by atoms with van der Waals surface area (Å²) < 4.78 is 0. The van der Waals surface area contributed by atoms with Crippen molar-refractivity contribution in [1.82, 2.24) is 16.0 Å². The fraction of sp³-hybridized carbons (Fsp3) is 0.750. The van der Waals surface area contributed by atoms with Gasteiger partial charge in [0.25, 0.3) is 0 Å². The second kappa shape index (κ2) is 10.7. The van der Waals surface area contributed by atoms with Gasteiger partial charge in [-0.15, -0.1) is 0 Å². The van der Waals surface area contributed by atoms with E-state index in [1.807, 2.05) is 0 Å². The number of aliphatic hydroxyl groups is 1. The number of carboxylic acid groups (broad SMARTS) is 1. The minimum Gasteiger partial charge on any atom is -0.480 e. The molecule has 7 N–H and O–H groups in total. The van der Waals surface area contributed by atoms with Crippen LogP contribution in [0.3, 0.4) is 0 Å². The van der Waals surface area contributed by atoms with Crippen molar-refractivity contribution in [2.24, 2.45) is 17.6 Å². The summed E-state index contributed by atoms with van der Waals surface area (Å²) in [5.74, 6) is -3.77. The Labute approximate surface area is 152 Å². The lowest BCUT2D eigenvalue weighted by Crippen LogP contribution is -2.58. The minimum atomic E-state index is -1.29. The van der Waals surface area contributed by atoms with Gasteiger partial charge in [-0.25, -0.2) is 4.79 Å². The van der Waals surface area contributed by atoms with Gasteiger partial charge in [0.15, 0.2) is 0 Å². The Morgan fingerprint density at radius 1 is 0.885 bits per heavy atom. The summed E-state index contributed by atoms with van der Waals surface area (Å²) in [6.07, 6.45) is -1.22. The first-order valence-electron chi connectivity index (χ1n) is 8.42. The minimum absolute atomic E-state index is 0.164. The van der Waals surface area contributed by atoms with Crippen LogP contribution < -0.4 is 21.7 Å². The van der Waals surface area contributed by atoms with Crippen LogP contribution in [0.4, 0.5) is 0 Å². The Morgan fingerprint density at radius 2 is 1.42 bits per heavy atom. The fourth-order valence-corrected chi connectivity index (χ4v) is 1.97. The highest BCUT2D eigenvalue weighted by Crippen LogP contribution is 2.02. The predicted molar refractivity (Wildman–Crippen MR) is 93.8 cm³/mol. The zero-order valence-corrected chi connectivity index (χ0v) is 15.8. The third-order valence-electron chi connectivity index (χ3n) is 3.76. The number of carbonyl (C=O) groups excluding carboxylic acids is 3. The molecule has 0 rings (SSSR count). The topological polar surface area (TPSA) is 171 Å². The number of aliphatic hydroxyl groups excluding tert-OH is 1. The number of hydrogen-bond acceptors (Lipinski definition) is 6. The maximum atomic E-state index is 12.1. The summed E-state index contributed by atoms with van der Waals surface area (Å²) in [6.45, 7) is 7.55. The molecule has 10 nitrogen and oxygen atoms in total. The molecule has 0 aliphatic heterocycles. The number of carboxylic acids is 1. The highest BCUT2D eigenvalue weighted by Gasteiger charge is 2.29. The maximum absolute atomic E-state index is 12.1. The molecule has 0 aliphatic carbocycles. The van der Waals surface area contributed by atoms with E-state index in [0.717, 1.165) is 0 Å². The maximum Gasteiger partial charge on any atom is 0.326 e. The standard InChI is InChI=1S/C16H30N4O6/c1-7(2)11(17)14(23)20-13(9(5)21)15(24)18-6-10(22)19-12(8(3)4)16(25)26/h7-9,11-13,21H,6,17H2,1-5H3,(H,18,24)(H,19,22)(H,20,23)(H,25,26). The molecular weight excluding hydrogens is 344 g/mol. The summed E-state index contributed by atoms with van der Waals surface area (Å²) in [5, 5.41) is 25.6. The van der Waals surface area contributed by atoms with Gasteiger partial charge in [-0.05, 0) is 18.8 Å². The molecule has 4 unspecified atom stereocenters. The molecule has 4 atom stereocenters. The van der Waals surface area contributed by atoms with Gasteiger partial charge in [-0.1, -0.05) is 27.7 Å². The molecule has 0 aromatic carbocycles. The lowest BCUT2D eigenvalue weighted by Gasteiger charge is -2.24. The fourth-order valence-electron chi connectivity index (χ4n) is 1.97. The van der Waals surface area contributed by atoms with Crippen molar-refractivity contribution >= 4 is 23.7 Å². The number of rotatable bonds is 10. The molecular formula is C16H30N4O6. The number of nitrogens with two attached hydrogens (primary N) is 1. The van der Waals surface area contributed by atoms with Crippen LogP contribution in [0.25, 0.3) is 0 Å². The van der Waals surface area contributed by atoms with E-state index in [0.29, 0.717) is 0 Å². The Morgan fingerprint density at radius 3 is 1.81 bits per heavy atom. The van der Waals surface area contributed by atoms with Crippen LogP contribution in [0.5, 0.6) is 0 Å². The molecule has 0 saturated carbocycles. The quantitative estimate of drug-likeness (QED) is 0.261. The van der Waals surface area contributed by atoms with E-state index in [4.69, 9.17) is 10.8 Å². The summed E-state index contributed by atoms with van der Waals surface area (Å²) >= 11 is 0. The number of aliphatic carboxylic acids is 1. The third-order valence-corrected chi connectivity index (χ3v) is 3.76. The predicted octanol–water partition coefficient (Wildman–Crippen LogP) is -1.82. The van der Waals surface area contributed by atoms with E-state index in [2.05, 4.69) is 16.0 Å². The molecule has 0 heterocycles. The van der Waals surface area contributed by atoms with Crippen LogP contribution in [-0.4, -0.2) is 64.7 Å². The second-order valence-corrected chi connectivity index (χ2v) is 6.84. The van der Waals surface area contributed by atoms with Crippen molar-refractivity contribution in [1.29, 1.82) is 0 Å². The Balaban J connectivity index is 4.75. The van der Waals surface area contributed by atoms with E-state index in [-0.39, 0.29) is 11.8 Å². The largest absolute Gasteiger partial charge is 0.480 e. The zero-order chi connectivity index (χ0) is 20.6. The average Bonchev–Trinajstić information content (AvgIpc) is 2.53. The first kappa shape index (κ1) is 23.8. The van der Waals surface area contributed by atoms with E-state index >= 15 is 0 Å². The molecule has 0 bridgehead atoms. The molecule has 0 aromatic heterocycles. The molecule has 0 aliphatic rings. The van der Waals surface area contributed by atoms with Gasteiger partial charge in [0, 0.05) is 0 Å². The van der Waals surface area contributed by atoms with Crippen molar-refractivity contribution in [3.05, 3.63) is 0 Å². The molecule has 0 spiro atoms. The number of hydrogen-bond donors (Lipinski definition) is 6. The van der Waals surface area contributed by atoms with E-state index in [9.17, 15) is 24.3 Å². The zero-order valence-electron chi connectivity index (χ0n) is 15.8. The van der Waals surface area contributed by atoms with Crippen molar-refractivity contribution < 1.29 is 29.4 Å². The highest BCUT2D eigenvalue weighted by atomic mass is 16.4. The van der Waals surface area contributed by atoms with Crippen LogP contribution in [0, 0.1) is 11.8 Å². The Hall–Kier alpha value is -2.20. The second-order valence-electron chi connectivity index (χ2n) is 6.84. The summed E-state index contributed by atoms with van der Waals surface area (Å²) in [5.41, 5.74) is 5.70. The van der Waals surface area contributed by atoms with E-state index < -0.39 is 54.5 Å². The molecule has 3 amide bonds. The number of nitrogens with one attached hydrogen (secondary N) is 3. The monoisotopic (exact) mass is 374 g/mol. The van der Waals surface area contributed by atoms with Crippen LogP contribution in [0.2, 0.25) is 0 Å². The molecule has 0 saturated heterocycles. The van der Waals surface area contributed by atoms with Gasteiger partial charge in [-0.3, -0.25) is 14.4 Å². The average molecular weight is 374 g/mol. The number of amides is 3. The normalized spacial score (nSPS) is 15.7. The van der Waals surface area contributed by atoms with Crippen LogP contribution in [0.1, 0.15) is 34.6 Å². The van der Waals surface area contributed by atoms with Gasteiger partial charge in [0.2, 0.25) is 17.7 Å². The van der Waals surface area contributed by atoms with Gasteiger partial charge in [0.05, 0.1) is 18.7 Å². The van der Waals surface area contributed by atoms with Gasteiger partial charge in [-0.2, -0.15) is 0 Å². The van der Waals surface area contributed by atoms with E-state index in [1.165, 1.54) is 6.92 Å². The van der Waals surface area contributed by atoms with Crippen molar-refractivity contribution in [2.45, 2.75) is 58.8 Å².